The fourth-order valence-corrected chi connectivity index (χ4v) is 4.06. The highest BCUT2D eigenvalue weighted by atomic mass is 32.2. The van der Waals surface area contributed by atoms with Crippen LogP contribution in [-0.2, 0) is 4.79 Å². The molecule has 2 heterocycles. The summed E-state index contributed by atoms with van der Waals surface area (Å²) in [4.78, 5) is 14.7. The number of H-pyrrole nitrogens is 1. The van der Waals surface area contributed by atoms with Crippen LogP contribution < -0.4 is 5.32 Å². The summed E-state index contributed by atoms with van der Waals surface area (Å²) in [6, 6.07) is 10.7. The number of anilines is 1. The van der Waals surface area contributed by atoms with Crippen molar-refractivity contribution in [2.45, 2.75) is 19.9 Å². The average molecular weight is 330 g/mol. The molecule has 0 spiro atoms. The van der Waals surface area contributed by atoms with Crippen LogP contribution in [0.4, 0.5) is 5.69 Å². The van der Waals surface area contributed by atoms with E-state index in [1.807, 2.05) is 31.7 Å². The number of carbonyl (C=O) groups excluding carboxylic acids is 1. The Kier molecular flexibility index (Phi) is 5.03. The number of nitrogens with one attached hydrogen (secondary N) is 2. The van der Waals surface area contributed by atoms with E-state index in [-0.39, 0.29) is 5.91 Å². The number of thioether (sulfide) groups is 1. The molecule has 1 aromatic carbocycles. The van der Waals surface area contributed by atoms with Crippen LogP contribution in [0.3, 0.4) is 0 Å². The van der Waals surface area contributed by atoms with Crippen molar-refractivity contribution in [2.75, 3.05) is 29.9 Å². The van der Waals surface area contributed by atoms with Crippen molar-refractivity contribution in [3.63, 3.8) is 0 Å². The first kappa shape index (κ1) is 16.1. The lowest BCUT2D eigenvalue weighted by Gasteiger charge is -2.35. The van der Waals surface area contributed by atoms with E-state index < -0.39 is 0 Å². The number of amides is 1. The van der Waals surface area contributed by atoms with Gasteiger partial charge >= 0.3 is 0 Å². The van der Waals surface area contributed by atoms with Gasteiger partial charge in [0.05, 0.1) is 23.6 Å². The Labute approximate surface area is 140 Å². The first-order chi connectivity index (χ1) is 11.1. The number of hydrogen-bond acceptors (Lipinski definition) is 4. The minimum Gasteiger partial charge on any atom is -0.322 e. The van der Waals surface area contributed by atoms with E-state index >= 15 is 0 Å². The van der Waals surface area contributed by atoms with Crippen LogP contribution >= 0.6 is 11.8 Å². The molecule has 0 unspecified atom stereocenters. The summed E-state index contributed by atoms with van der Waals surface area (Å²) < 4.78 is 0. The molecule has 1 aliphatic heterocycles. The molecule has 1 aliphatic rings. The lowest BCUT2D eigenvalue weighted by Crippen LogP contribution is -2.41. The second-order valence-corrected chi connectivity index (χ2v) is 6.98. The third-order valence-corrected chi connectivity index (χ3v) is 5.19. The second kappa shape index (κ2) is 7.19. The average Bonchev–Trinajstić information content (AvgIpc) is 2.88. The van der Waals surface area contributed by atoms with Gasteiger partial charge in [-0.3, -0.25) is 14.8 Å². The molecule has 1 saturated heterocycles. The van der Waals surface area contributed by atoms with Crippen LogP contribution in [-0.4, -0.2) is 45.6 Å². The van der Waals surface area contributed by atoms with Crippen molar-refractivity contribution < 1.29 is 4.79 Å². The molecule has 3 rings (SSSR count). The molecule has 0 saturated carbocycles. The van der Waals surface area contributed by atoms with Crippen molar-refractivity contribution in [1.82, 2.24) is 15.1 Å². The summed E-state index contributed by atoms with van der Waals surface area (Å²) in [6.45, 7) is 5.15. The Morgan fingerprint density at radius 2 is 2.17 bits per heavy atom. The maximum atomic E-state index is 12.5. The number of benzene rings is 1. The van der Waals surface area contributed by atoms with Crippen molar-refractivity contribution >= 4 is 23.4 Å². The van der Waals surface area contributed by atoms with Gasteiger partial charge in [-0.15, -0.1) is 0 Å². The van der Waals surface area contributed by atoms with Gasteiger partial charge in [-0.2, -0.15) is 16.9 Å². The summed E-state index contributed by atoms with van der Waals surface area (Å²) in [5.74, 6) is 2.12. The van der Waals surface area contributed by atoms with Gasteiger partial charge in [0.1, 0.15) is 0 Å². The van der Waals surface area contributed by atoms with E-state index in [0.717, 1.165) is 35.1 Å². The fourth-order valence-electron chi connectivity index (χ4n) is 2.91. The predicted octanol–water partition coefficient (Wildman–Crippen LogP) is 2.76. The minimum atomic E-state index is 0.0189. The van der Waals surface area contributed by atoms with Gasteiger partial charge in [0.25, 0.3) is 0 Å². The van der Waals surface area contributed by atoms with Crippen molar-refractivity contribution in [1.29, 1.82) is 0 Å². The van der Waals surface area contributed by atoms with E-state index in [1.165, 1.54) is 5.56 Å². The van der Waals surface area contributed by atoms with E-state index in [2.05, 4.69) is 44.7 Å². The monoisotopic (exact) mass is 330 g/mol. The molecule has 1 aromatic heterocycles. The predicted molar refractivity (Wildman–Crippen MR) is 94.8 cm³/mol. The summed E-state index contributed by atoms with van der Waals surface area (Å²) in [5.41, 5.74) is 3.80. The Morgan fingerprint density at radius 3 is 2.87 bits per heavy atom. The van der Waals surface area contributed by atoms with Crippen LogP contribution in [0, 0.1) is 13.8 Å². The lowest BCUT2D eigenvalue weighted by molar-refractivity contribution is -0.117. The van der Waals surface area contributed by atoms with Crippen LogP contribution in [0.2, 0.25) is 0 Å². The molecule has 2 aromatic rings. The zero-order valence-corrected chi connectivity index (χ0v) is 14.3. The van der Waals surface area contributed by atoms with E-state index in [9.17, 15) is 4.79 Å². The number of aromatic amines is 1. The first-order valence-electron chi connectivity index (χ1n) is 7.83. The third-order valence-electron chi connectivity index (χ3n) is 4.16. The number of rotatable bonds is 4. The summed E-state index contributed by atoms with van der Waals surface area (Å²) in [5, 5.41) is 10.0. The molecule has 1 fully saturated rings. The van der Waals surface area contributed by atoms with Gasteiger partial charge in [-0.25, -0.2) is 0 Å². The molecule has 0 bridgehead atoms. The van der Waals surface area contributed by atoms with Gasteiger partial charge in [0, 0.05) is 24.1 Å². The quantitative estimate of drug-likeness (QED) is 0.905. The highest BCUT2D eigenvalue weighted by Crippen LogP contribution is 2.29. The zero-order chi connectivity index (χ0) is 16.2. The van der Waals surface area contributed by atoms with E-state index in [4.69, 9.17) is 0 Å². The van der Waals surface area contributed by atoms with E-state index in [0.29, 0.717) is 12.6 Å². The normalized spacial score (nSPS) is 18.8. The third kappa shape index (κ3) is 3.76. The fraction of sp³-hybridized carbons (Fsp3) is 0.412. The molecular formula is C17H22N4OS. The molecular weight excluding hydrogens is 308 g/mol. The van der Waals surface area contributed by atoms with Gasteiger partial charge in [-0.1, -0.05) is 30.3 Å². The smallest absolute Gasteiger partial charge is 0.238 e. The highest BCUT2D eigenvalue weighted by Gasteiger charge is 2.26. The number of aryl methyl sites for hydroxylation is 2. The molecule has 5 nitrogen and oxygen atoms in total. The minimum absolute atomic E-state index is 0.0189. The number of aromatic nitrogens is 2. The first-order valence-corrected chi connectivity index (χ1v) is 8.99. The Morgan fingerprint density at radius 1 is 1.39 bits per heavy atom. The molecule has 1 atom stereocenters. The molecule has 2 N–H and O–H groups in total. The van der Waals surface area contributed by atoms with Crippen LogP contribution in [0.1, 0.15) is 23.0 Å². The standard InChI is InChI=1S/C17H22N4OS/c1-12-17(13(2)20-19-12)18-16(22)10-21-8-9-23-11-15(21)14-6-4-3-5-7-14/h3-7,15H,8-11H2,1-2H3,(H,18,22)(H,19,20)/t15-/m1/s1. The van der Waals surface area contributed by atoms with Gasteiger partial charge in [0.2, 0.25) is 5.91 Å². The molecule has 0 radical (unpaired) electrons. The Hall–Kier alpha value is -1.79. The SMILES string of the molecule is Cc1n[nH]c(C)c1NC(=O)CN1CCSC[C@@H]1c1ccccc1. The van der Waals surface area contributed by atoms with Crippen molar-refractivity contribution in [3.8, 4) is 0 Å². The Balaban J connectivity index is 1.68. The van der Waals surface area contributed by atoms with E-state index in [1.54, 1.807) is 0 Å². The van der Waals surface area contributed by atoms with Crippen LogP contribution in [0.15, 0.2) is 30.3 Å². The van der Waals surface area contributed by atoms with Crippen molar-refractivity contribution in [2.24, 2.45) is 0 Å². The molecule has 122 valence electrons. The number of carbonyl (C=O) groups is 1. The maximum Gasteiger partial charge on any atom is 0.238 e. The number of hydrogen-bond donors (Lipinski definition) is 2. The van der Waals surface area contributed by atoms with Crippen LogP contribution in [0.5, 0.6) is 0 Å². The highest BCUT2D eigenvalue weighted by molar-refractivity contribution is 7.99. The largest absolute Gasteiger partial charge is 0.322 e. The molecule has 0 aliphatic carbocycles. The molecule has 1 amide bonds. The lowest BCUT2D eigenvalue weighted by atomic mass is 10.1. The molecule has 6 heteroatoms. The summed E-state index contributed by atoms with van der Waals surface area (Å²) >= 11 is 1.95. The van der Waals surface area contributed by atoms with Gasteiger partial charge < -0.3 is 5.32 Å². The van der Waals surface area contributed by atoms with Crippen LogP contribution in [0.25, 0.3) is 0 Å². The summed E-state index contributed by atoms with van der Waals surface area (Å²) in [7, 11) is 0. The topological polar surface area (TPSA) is 61.0 Å². The zero-order valence-electron chi connectivity index (χ0n) is 13.5. The molecule has 23 heavy (non-hydrogen) atoms. The second-order valence-electron chi connectivity index (χ2n) is 5.83. The maximum absolute atomic E-state index is 12.5. The summed E-state index contributed by atoms with van der Waals surface area (Å²) in [6.07, 6.45) is 0. The Bertz CT molecular complexity index is 651. The van der Waals surface area contributed by atoms with Gasteiger partial charge in [-0.05, 0) is 19.4 Å². The van der Waals surface area contributed by atoms with Crippen molar-refractivity contribution in [3.05, 3.63) is 47.3 Å². The number of nitrogens with zero attached hydrogens (tertiary/aromatic N) is 2. The van der Waals surface area contributed by atoms with Gasteiger partial charge in [0.15, 0.2) is 0 Å².